The molecule has 2 aliphatic heterocycles. The summed E-state index contributed by atoms with van der Waals surface area (Å²) >= 11 is 0. The molecular formula is C24H25NO4. The molecule has 1 atom stereocenters. The van der Waals surface area contributed by atoms with Crippen molar-refractivity contribution in [1.82, 2.24) is 4.90 Å². The molecule has 0 aliphatic carbocycles. The van der Waals surface area contributed by atoms with Crippen LogP contribution in [0.1, 0.15) is 41.1 Å². The van der Waals surface area contributed by atoms with Gasteiger partial charge in [0.05, 0.1) is 0 Å². The summed E-state index contributed by atoms with van der Waals surface area (Å²) < 4.78 is 17.0. The van der Waals surface area contributed by atoms with Gasteiger partial charge in [-0.1, -0.05) is 18.2 Å². The van der Waals surface area contributed by atoms with Crippen LogP contribution in [0, 0.1) is 13.8 Å². The fourth-order valence-electron chi connectivity index (χ4n) is 4.53. The highest BCUT2D eigenvalue weighted by Gasteiger charge is 2.28. The third-order valence-electron chi connectivity index (χ3n) is 6.21. The molecule has 5 rings (SSSR count). The van der Waals surface area contributed by atoms with Gasteiger partial charge in [-0.3, -0.25) is 4.90 Å². The summed E-state index contributed by atoms with van der Waals surface area (Å²) in [5.41, 5.74) is 4.87. The smallest absolute Gasteiger partial charge is 0.336 e. The average molecular weight is 391 g/mol. The average Bonchev–Trinajstić information content (AvgIpc) is 3.19. The lowest BCUT2D eigenvalue weighted by Crippen LogP contribution is -2.24. The minimum atomic E-state index is -0.281. The number of aryl methyl sites for hydroxylation is 2. The fraction of sp³-hybridized carbons (Fsp3) is 0.375. The van der Waals surface area contributed by atoms with Crippen LogP contribution in [0.5, 0.6) is 11.5 Å². The molecular weight excluding hydrogens is 366 g/mol. The largest absolute Gasteiger partial charge is 0.486 e. The molecule has 2 aliphatic rings. The maximum atomic E-state index is 12.2. The zero-order valence-electron chi connectivity index (χ0n) is 16.9. The Morgan fingerprint density at radius 2 is 1.86 bits per heavy atom. The maximum Gasteiger partial charge on any atom is 0.336 e. The predicted molar refractivity (Wildman–Crippen MR) is 112 cm³/mol. The van der Waals surface area contributed by atoms with Crippen molar-refractivity contribution in [3.63, 3.8) is 0 Å². The molecule has 0 unspecified atom stereocenters. The van der Waals surface area contributed by atoms with E-state index in [2.05, 4.69) is 29.2 Å². The fourth-order valence-corrected chi connectivity index (χ4v) is 4.53. The highest BCUT2D eigenvalue weighted by Crippen LogP contribution is 2.39. The summed E-state index contributed by atoms with van der Waals surface area (Å²) in [7, 11) is 0. The van der Waals surface area contributed by atoms with E-state index < -0.39 is 0 Å². The van der Waals surface area contributed by atoms with Crippen LogP contribution in [-0.4, -0.2) is 24.7 Å². The van der Waals surface area contributed by atoms with E-state index in [9.17, 15) is 4.79 Å². The Balaban J connectivity index is 1.49. The van der Waals surface area contributed by atoms with Crippen molar-refractivity contribution in [3.8, 4) is 11.5 Å². The molecule has 29 heavy (non-hydrogen) atoms. The Kier molecular flexibility index (Phi) is 4.55. The quantitative estimate of drug-likeness (QED) is 0.615. The van der Waals surface area contributed by atoms with Crippen LogP contribution < -0.4 is 15.1 Å². The van der Waals surface area contributed by atoms with Crippen molar-refractivity contribution < 1.29 is 13.9 Å². The Morgan fingerprint density at radius 1 is 1.03 bits per heavy atom. The van der Waals surface area contributed by atoms with Gasteiger partial charge < -0.3 is 13.9 Å². The van der Waals surface area contributed by atoms with Crippen molar-refractivity contribution in [1.29, 1.82) is 0 Å². The minimum Gasteiger partial charge on any atom is -0.486 e. The molecule has 1 saturated heterocycles. The molecule has 0 radical (unpaired) electrons. The topological polar surface area (TPSA) is 51.9 Å². The van der Waals surface area contributed by atoms with Gasteiger partial charge in [-0.25, -0.2) is 4.79 Å². The summed E-state index contributed by atoms with van der Waals surface area (Å²) in [6, 6.07) is 12.4. The van der Waals surface area contributed by atoms with Gasteiger partial charge in [0.2, 0.25) is 0 Å². The first-order valence-corrected chi connectivity index (χ1v) is 10.3. The first kappa shape index (κ1) is 18.3. The second-order valence-corrected chi connectivity index (χ2v) is 8.01. The first-order valence-electron chi connectivity index (χ1n) is 10.3. The number of nitrogens with zero attached hydrogens (tertiary/aromatic N) is 1. The van der Waals surface area contributed by atoms with Crippen LogP contribution in [0.25, 0.3) is 11.0 Å². The van der Waals surface area contributed by atoms with Crippen molar-refractivity contribution >= 4 is 11.0 Å². The summed E-state index contributed by atoms with van der Waals surface area (Å²) in [5, 5.41) is 1.03. The van der Waals surface area contributed by atoms with Crippen molar-refractivity contribution in [3.05, 3.63) is 69.1 Å². The third-order valence-corrected chi connectivity index (χ3v) is 6.21. The lowest BCUT2D eigenvalue weighted by atomic mass is 10.0. The van der Waals surface area contributed by atoms with E-state index in [0.717, 1.165) is 59.5 Å². The molecule has 0 N–H and O–H groups in total. The molecule has 5 nitrogen and oxygen atoms in total. The standard InChI is InChI=1S/C24H25NO4/c1-15-5-7-19-18(13-23(26)29-24(19)16(15)2)14-25-9-3-4-20(25)17-6-8-21-22(12-17)28-11-10-27-21/h5-8,12-13,20H,3-4,9-11,14H2,1-2H3/t20-/m1/s1. The van der Waals surface area contributed by atoms with Gasteiger partial charge >= 0.3 is 5.63 Å². The van der Waals surface area contributed by atoms with Crippen molar-refractivity contribution in [2.45, 2.75) is 39.3 Å². The molecule has 3 heterocycles. The lowest BCUT2D eigenvalue weighted by Gasteiger charge is -2.27. The van der Waals surface area contributed by atoms with Crippen molar-refractivity contribution in [2.24, 2.45) is 0 Å². The molecule has 1 fully saturated rings. The van der Waals surface area contributed by atoms with Gasteiger partial charge in [0, 0.05) is 24.0 Å². The first-order chi connectivity index (χ1) is 14.1. The Hall–Kier alpha value is -2.79. The second-order valence-electron chi connectivity index (χ2n) is 8.01. The summed E-state index contributed by atoms with van der Waals surface area (Å²) in [6.45, 7) is 6.98. The van der Waals surface area contributed by atoms with Gasteiger partial charge in [0.15, 0.2) is 11.5 Å². The van der Waals surface area contributed by atoms with Crippen LogP contribution in [0.3, 0.4) is 0 Å². The zero-order valence-corrected chi connectivity index (χ0v) is 16.9. The van der Waals surface area contributed by atoms with Gasteiger partial charge in [0.1, 0.15) is 18.8 Å². The third kappa shape index (κ3) is 3.29. The second kappa shape index (κ2) is 7.23. The highest BCUT2D eigenvalue weighted by molar-refractivity contribution is 5.83. The molecule has 3 aromatic rings. The van der Waals surface area contributed by atoms with Gasteiger partial charge in [0.25, 0.3) is 0 Å². The molecule has 1 aromatic heterocycles. The van der Waals surface area contributed by atoms with E-state index >= 15 is 0 Å². The molecule has 5 heteroatoms. The number of rotatable bonds is 3. The van der Waals surface area contributed by atoms with Crippen LogP contribution >= 0.6 is 0 Å². The molecule has 0 bridgehead atoms. The number of hydrogen-bond acceptors (Lipinski definition) is 5. The summed E-state index contributed by atoms with van der Waals surface area (Å²) in [4.78, 5) is 14.7. The Bertz CT molecular complexity index is 1130. The van der Waals surface area contributed by atoms with Crippen LogP contribution in [0.15, 0.2) is 45.6 Å². The van der Waals surface area contributed by atoms with E-state index in [1.54, 1.807) is 6.07 Å². The monoisotopic (exact) mass is 391 g/mol. The van der Waals surface area contributed by atoms with Crippen molar-refractivity contribution in [2.75, 3.05) is 19.8 Å². The van der Waals surface area contributed by atoms with Crippen LogP contribution in [0.4, 0.5) is 0 Å². The Labute approximate surface area is 169 Å². The minimum absolute atomic E-state index is 0.281. The van der Waals surface area contributed by atoms with Crippen LogP contribution in [0.2, 0.25) is 0 Å². The molecule has 0 spiro atoms. The normalized spacial score (nSPS) is 19.0. The number of likely N-dealkylation sites (tertiary alicyclic amines) is 1. The summed E-state index contributed by atoms with van der Waals surface area (Å²) in [5.74, 6) is 1.65. The molecule has 150 valence electrons. The zero-order chi connectivity index (χ0) is 20.0. The maximum absolute atomic E-state index is 12.2. The number of benzene rings is 2. The number of ether oxygens (including phenoxy) is 2. The predicted octanol–water partition coefficient (Wildman–Crippen LogP) is 4.52. The van der Waals surface area contributed by atoms with E-state index in [-0.39, 0.29) is 5.63 Å². The van der Waals surface area contributed by atoms with E-state index in [1.165, 1.54) is 5.56 Å². The molecule has 0 saturated carbocycles. The van der Waals surface area contributed by atoms with E-state index in [0.29, 0.717) is 24.8 Å². The molecule has 0 amide bonds. The number of fused-ring (bicyclic) bond motifs is 2. The van der Waals surface area contributed by atoms with E-state index in [4.69, 9.17) is 13.9 Å². The Morgan fingerprint density at radius 3 is 2.72 bits per heavy atom. The van der Waals surface area contributed by atoms with Gasteiger partial charge in [-0.2, -0.15) is 0 Å². The van der Waals surface area contributed by atoms with Crippen LogP contribution in [-0.2, 0) is 6.54 Å². The summed E-state index contributed by atoms with van der Waals surface area (Å²) in [6.07, 6.45) is 2.23. The number of hydrogen-bond donors (Lipinski definition) is 0. The van der Waals surface area contributed by atoms with Gasteiger partial charge in [-0.15, -0.1) is 0 Å². The SMILES string of the molecule is Cc1ccc2c(CN3CCC[C@@H]3c3ccc4c(c3)OCCO4)cc(=O)oc2c1C. The van der Waals surface area contributed by atoms with E-state index in [1.807, 2.05) is 19.9 Å². The molecule has 2 aromatic carbocycles. The lowest BCUT2D eigenvalue weighted by molar-refractivity contribution is 0.170. The van der Waals surface area contributed by atoms with Gasteiger partial charge in [-0.05, 0) is 67.6 Å². The highest BCUT2D eigenvalue weighted by atomic mass is 16.6.